The van der Waals surface area contributed by atoms with Gasteiger partial charge in [-0.25, -0.2) is 4.79 Å². The van der Waals surface area contributed by atoms with Crippen LogP contribution < -0.4 is 38.1 Å². The van der Waals surface area contributed by atoms with Crippen molar-refractivity contribution in [3.05, 3.63) is 69.2 Å². The molecule has 19 heteroatoms. The number of carbonyl (C=O) groups excluding carboxylic acids is 8. The van der Waals surface area contributed by atoms with Crippen LogP contribution in [0.5, 0.6) is 5.75 Å². The summed E-state index contributed by atoms with van der Waals surface area (Å²) in [7, 11) is 0. The zero-order valence-corrected chi connectivity index (χ0v) is 35.2. The van der Waals surface area contributed by atoms with Crippen LogP contribution in [0.4, 0.5) is 0 Å². The Morgan fingerprint density at radius 3 is 1.81 bits per heavy atom. The van der Waals surface area contributed by atoms with Gasteiger partial charge in [-0.05, 0) is 68.3 Å². The van der Waals surface area contributed by atoms with Gasteiger partial charge in [0.15, 0.2) is 0 Å². The third-order valence-corrected chi connectivity index (χ3v) is 9.78. The molecule has 1 aromatic rings. The van der Waals surface area contributed by atoms with Gasteiger partial charge < -0.3 is 47.9 Å². The van der Waals surface area contributed by atoms with Gasteiger partial charge in [0.2, 0.25) is 41.4 Å². The summed E-state index contributed by atoms with van der Waals surface area (Å²) in [5.41, 5.74) is 11.5. The van der Waals surface area contributed by atoms with E-state index in [9.17, 15) is 43.5 Å². The largest absolute Gasteiger partial charge is 0.506 e. The number of carbonyl (C=O) groups is 8. The number of phenols is 1. The molecule has 1 heterocycles. The Morgan fingerprint density at radius 1 is 0.789 bits per heavy atom. The van der Waals surface area contributed by atoms with Crippen LogP contribution in [0.25, 0.3) is 6.08 Å². The molecule has 7 amide bonds. The summed E-state index contributed by atoms with van der Waals surface area (Å²) in [6.45, 7) is 7.86. The van der Waals surface area contributed by atoms with Gasteiger partial charge in [0.1, 0.15) is 42.1 Å². The molecule has 1 aliphatic heterocycles. The molecule has 1 fully saturated rings. The van der Waals surface area contributed by atoms with Gasteiger partial charge in [-0.15, -0.1) is 0 Å². The fourth-order valence-electron chi connectivity index (χ4n) is 5.23. The number of hydrogen-bond donors (Lipinski definition) is 8. The molecule has 310 valence electrons. The van der Waals surface area contributed by atoms with Crippen molar-refractivity contribution < 1.29 is 48.2 Å². The Kier molecular flexibility index (Phi) is 19.4. The SMILES string of the molecule is CCC(C)C1NC(=O)C(CC(N)=O)NC(=O)C(CC(N)=O)NC(=O)C(C(C)C)NC(=O)C(NC(=O)C=CC=CC=CC=Cc2cc(Br)c(O)c(Br)c2)C(C)OC1=O. The van der Waals surface area contributed by atoms with E-state index < -0.39 is 108 Å². The molecular formula is C38H49Br2N7O10. The van der Waals surface area contributed by atoms with Crippen LogP contribution in [0, 0.1) is 11.8 Å². The summed E-state index contributed by atoms with van der Waals surface area (Å²) < 4.78 is 6.69. The minimum Gasteiger partial charge on any atom is -0.506 e. The molecule has 0 spiro atoms. The number of esters is 1. The molecule has 1 aliphatic rings. The van der Waals surface area contributed by atoms with Gasteiger partial charge in [-0.2, -0.15) is 0 Å². The molecule has 0 saturated carbocycles. The van der Waals surface area contributed by atoms with E-state index in [0.29, 0.717) is 15.4 Å². The average Bonchev–Trinajstić information content (AvgIpc) is 3.12. The van der Waals surface area contributed by atoms with Crippen LogP contribution >= 0.6 is 31.9 Å². The highest BCUT2D eigenvalue weighted by Gasteiger charge is 2.39. The molecule has 0 radical (unpaired) electrons. The highest BCUT2D eigenvalue weighted by atomic mass is 79.9. The second-order valence-corrected chi connectivity index (χ2v) is 15.2. The maximum atomic E-state index is 13.8. The summed E-state index contributed by atoms with van der Waals surface area (Å²) in [5.74, 6) is -8.79. The third-order valence-electron chi connectivity index (χ3n) is 8.57. The maximum absolute atomic E-state index is 13.8. The number of amides is 7. The molecule has 57 heavy (non-hydrogen) atoms. The van der Waals surface area contributed by atoms with E-state index in [1.165, 1.54) is 13.0 Å². The first kappa shape index (κ1) is 47.9. The zero-order chi connectivity index (χ0) is 43.0. The summed E-state index contributed by atoms with van der Waals surface area (Å²) in [6, 6.07) is -4.10. The van der Waals surface area contributed by atoms with Crippen molar-refractivity contribution in [3.63, 3.8) is 0 Å². The number of allylic oxidation sites excluding steroid dienone is 6. The first-order valence-electron chi connectivity index (χ1n) is 17.9. The van der Waals surface area contributed by atoms with Gasteiger partial charge >= 0.3 is 5.97 Å². The van der Waals surface area contributed by atoms with E-state index in [1.807, 2.05) is 0 Å². The molecule has 1 aromatic carbocycles. The van der Waals surface area contributed by atoms with Crippen LogP contribution in [-0.2, 0) is 43.1 Å². The number of nitrogens with one attached hydrogen (secondary N) is 5. The molecule has 17 nitrogen and oxygen atoms in total. The molecular weight excluding hydrogens is 874 g/mol. The minimum atomic E-state index is -1.65. The fourth-order valence-corrected chi connectivity index (χ4v) is 6.45. The molecule has 1 saturated heterocycles. The quantitative estimate of drug-likeness (QED) is 0.0801. The van der Waals surface area contributed by atoms with E-state index in [2.05, 4.69) is 58.4 Å². The average molecular weight is 924 g/mol. The first-order chi connectivity index (χ1) is 26.7. The number of halogens is 2. The molecule has 7 unspecified atom stereocenters. The molecule has 2 rings (SSSR count). The van der Waals surface area contributed by atoms with E-state index in [-0.39, 0.29) is 5.75 Å². The standard InChI is InChI=1S/C38H49Br2N7O10/c1-6-20(4)31-38(56)57-21(5)32(45-29(50)14-12-10-8-7-9-11-13-22-15-23(39)33(51)24(40)16-22)37(55)46-30(19(2)3)36(54)44-25(17-27(41)48)34(52)43-26(18-28(42)49)35(53)47-31/h7-16,19-21,25-26,30-32,51H,6,17-18H2,1-5H3,(H2,41,48)(H2,42,49)(H,43,52)(H,44,54)(H,45,50)(H,46,55)(H,47,53). The van der Waals surface area contributed by atoms with E-state index in [0.717, 1.165) is 11.6 Å². The van der Waals surface area contributed by atoms with Crippen LogP contribution in [0.3, 0.4) is 0 Å². The van der Waals surface area contributed by atoms with Gasteiger partial charge in [0.25, 0.3) is 0 Å². The van der Waals surface area contributed by atoms with Crippen LogP contribution in [0.2, 0.25) is 0 Å². The van der Waals surface area contributed by atoms with Crippen molar-refractivity contribution in [2.45, 2.75) is 90.2 Å². The number of rotatable bonds is 13. The van der Waals surface area contributed by atoms with Gasteiger partial charge in [0.05, 0.1) is 21.8 Å². The number of ether oxygens (including phenoxy) is 1. The Hall–Kier alpha value is -5.30. The van der Waals surface area contributed by atoms with Crippen LogP contribution in [0.1, 0.15) is 59.4 Å². The van der Waals surface area contributed by atoms with Crippen molar-refractivity contribution in [2.75, 3.05) is 0 Å². The molecule has 10 N–H and O–H groups in total. The second-order valence-electron chi connectivity index (χ2n) is 13.5. The minimum absolute atomic E-state index is 0.0864. The Morgan fingerprint density at radius 2 is 1.28 bits per heavy atom. The third kappa shape index (κ3) is 15.6. The van der Waals surface area contributed by atoms with E-state index >= 15 is 0 Å². The topological polar surface area (TPSA) is 278 Å². The smallest absolute Gasteiger partial charge is 0.329 e. The summed E-state index contributed by atoms with van der Waals surface area (Å²) >= 11 is 6.55. The lowest BCUT2D eigenvalue weighted by molar-refractivity contribution is -0.157. The van der Waals surface area contributed by atoms with Gasteiger partial charge in [-0.3, -0.25) is 33.6 Å². The number of nitrogens with two attached hydrogens (primary N) is 2. The van der Waals surface area contributed by atoms with E-state index in [4.69, 9.17) is 16.2 Å². The van der Waals surface area contributed by atoms with Gasteiger partial charge in [0, 0.05) is 6.08 Å². The number of phenolic OH excluding ortho intramolecular Hbond substituents is 1. The highest BCUT2D eigenvalue weighted by molar-refractivity contribution is 9.11. The van der Waals surface area contributed by atoms with Gasteiger partial charge in [-0.1, -0.05) is 76.6 Å². The van der Waals surface area contributed by atoms with Crippen molar-refractivity contribution in [2.24, 2.45) is 23.3 Å². The van der Waals surface area contributed by atoms with Crippen LogP contribution in [-0.4, -0.2) is 88.7 Å². The molecule has 0 bridgehead atoms. The second kappa shape index (κ2) is 23.1. The lowest BCUT2D eigenvalue weighted by Gasteiger charge is -2.31. The number of primary amides is 2. The monoisotopic (exact) mass is 921 g/mol. The normalized spacial score (nSPS) is 23.6. The summed E-state index contributed by atoms with van der Waals surface area (Å²) in [6.07, 6.45) is 10.2. The van der Waals surface area contributed by atoms with Crippen LogP contribution in [0.15, 0.2) is 63.6 Å². The lowest BCUT2D eigenvalue weighted by atomic mass is 9.98. The lowest BCUT2D eigenvalue weighted by Crippen LogP contribution is -2.62. The van der Waals surface area contributed by atoms with Crippen molar-refractivity contribution in [1.82, 2.24) is 26.6 Å². The Balaban J connectivity index is 2.43. The number of benzene rings is 1. The molecule has 7 atom stereocenters. The number of cyclic esters (lactones) is 1. The summed E-state index contributed by atoms with van der Waals surface area (Å²) in [4.78, 5) is 105. The summed E-state index contributed by atoms with van der Waals surface area (Å²) in [5, 5.41) is 22.0. The van der Waals surface area contributed by atoms with E-state index in [1.54, 1.807) is 76.3 Å². The number of hydrogen-bond acceptors (Lipinski definition) is 10. The fraction of sp³-hybridized carbons (Fsp3) is 0.421. The zero-order valence-electron chi connectivity index (χ0n) is 32.0. The maximum Gasteiger partial charge on any atom is 0.329 e. The first-order valence-corrected chi connectivity index (χ1v) is 19.5. The van der Waals surface area contributed by atoms with Crippen molar-refractivity contribution >= 4 is 85.3 Å². The Bertz CT molecular complexity index is 1790. The van der Waals surface area contributed by atoms with Crippen molar-refractivity contribution in [1.29, 1.82) is 0 Å². The Labute approximate surface area is 347 Å². The van der Waals surface area contributed by atoms with Crippen molar-refractivity contribution in [3.8, 4) is 5.75 Å². The predicted octanol–water partition coefficient (Wildman–Crippen LogP) is 1.42. The predicted molar refractivity (Wildman–Crippen MR) is 217 cm³/mol. The molecule has 0 aromatic heterocycles. The highest BCUT2D eigenvalue weighted by Crippen LogP contribution is 2.33. The number of aromatic hydroxyl groups is 1. The molecule has 0 aliphatic carbocycles.